The van der Waals surface area contributed by atoms with Crippen molar-refractivity contribution in [3.8, 4) is 22.3 Å². The maximum Gasteiger partial charge on any atom is 0.0321 e. The van der Waals surface area contributed by atoms with Crippen LogP contribution in [0.25, 0.3) is 22.3 Å². The van der Waals surface area contributed by atoms with Crippen LogP contribution in [0.5, 0.6) is 0 Å². The molecule has 125 valence electrons. The van der Waals surface area contributed by atoms with Gasteiger partial charge in [0, 0.05) is 5.92 Å². The van der Waals surface area contributed by atoms with Crippen LogP contribution in [0.15, 0.2) is 109 Å². The molecule has 0 saturated heterocycles. The van der Waals surface area contributed by atoms with Crippen molar-refractivity contribution in [2.75, 3.05) is 0 Å². The van der Waals surface area contributed by atoms with Crippen molar-refractivity contribution < 1.29 is 0 Å². The number of hydrogen-bond donors (Lipinski definition) is 0. The molecule has 0 aliphatic rings. The summed E-state index contributed by atoms with van der Waals surface area (Å²) < 4.78 is 0. The van der Waals surface area contributed by atoms with Crippen LogP contribution in [0.4, 0.5) is 0 Å². The summed E-state index contributed by atoms with van der Waals surface area (Å²) in [7, 11) is 0. The molecular weight excluding hydrogens is 312 g/mol. The first-order chi connectivity index (χ1) is 12.8. The van der Waals surface area contributed by atoms with Crippen molar-refractivity contribution in [3.63, 3.8) is 0 Å². The third-order valence-electron chi connectivity index (χ3n) is 4.83. The molecule has 1 radical (unpaired) electrons. The molecule has 0 heteroatoms. The highest BCUT2D eigenvalue weighted by atomic mass is 14.2. The SMILES string of the molecule is C[C](c1ccccc1-c1ccccc1)c1ccccc1-c1ccccc1. The van der Waals surface area contributed by atoms with Gasteiger partial charge in [-0.2, -0.15) is 0 Å². The van der Waals surface area contributed by atoms with Crippen LogP contribution in [-0.4, -0.2) is 0 Å². The van der Waals surface area contributed by atoms with Crippen molar-refractivity contribution in [1.29, 1.82) is 0 Å². The van der Waals surface area contributed by atoms with Gasteiger partial charge >= 0.3 is 0 Å². The summed E-state index contributed by atoms with van der Waals surface area (Å²) in [5.74, 6) is 1.30. The Hall–Kier alpha value is -3.12. The quantitative estimate of drug-likeness (QED) is 0.377. The van der Waals surface area contributed by atoms with E-state index in [2.05, 4.69) is 116 Å². The minimum atomic E-state index is 1.25. The van der Waals surface area contributed by atoms with Crippen molar-refractivity contribution in [2.24, 2.45) is 0 Å². The topological polar surface area (TPSA) is 0 Å². The summed E-state index contributed by atoms with van der Waals surface area (Å²) in [4.78, 5) is 0. The molecule has 0 saturated carbocycles. The smallest absolute Gasteiger partial charge is 0.0321 e. The second kappa shape index (κ2) is 7.41. The van der Waals surface area contributed by atoms with Crippen molar-refractivity contribution >= 4 is 0 Å². The van der Waals surface area contributed by atoms with Crippen LogP contribution in [0.1, 0.15) is 18.1 Å². The third-order valence-corrected chi connectivity index (χ3v) is 4.83. The lowest BCUT2D eigenvalue weighted by Gasteiger charge is -2.20. The van der Waals surface area contributed by atoms with Gasteiger partial charge in [-0.3, -0.25) is 0 Å². The van der Waals surface area contributed by atoms with E-state index in [4.69, 9.17) is 0 Å². The van der Waals surface area contributed by atoms with Gasteiger partial charge in [-0.25, -0.2) is 0 Å². The second-order valence-corrected chi connectivity index (χ2v) is 6.45. The summed E-state index contributed by atoms with van der Waals surface area (Å²) in [5, 5.41) is 0. The van der Waals surface area contributed by atoms with Gasteiger partial charge in [-0.15, -0.1) is 0 Å². The van der Waals surface area contributed by atoms with Gasteiger partial charge in [0.1, 0.15) is 0 Å². The van der Waals surface area contributed by atoms with Crippen LogP contribution < -0.4 is 0 Å². The Morgan fingerprint density at radius 3 is 1.19 bits per heavy atom. The Kier molecular flexibility index (Phi) is 4.66. The Balaban J connectivity index is 1.83. The van der Waals surface area contributed by atoms with E-state index in [1.165, 1.54) is 39.3 Å². The Morgan fingerprint density at radius 1 is 0.423 bits per heavy atom. The highest BCUT2D eigenvalue weighted by Gasteiger charge is 2.17. The van der Waals surface area contributed by atoms with Crippen LogP contribution in [0, 0.1) is 5.92 Å². The van der Waals surface area contributed by atoms with E-state index in [0.717, 1.165) is 0 Å². The predicted octanol–water partition coefficient (Wildman–Crippen LogP) is 7.01. The van der Waals surface area contributed by atoms with E-state index >= 15 is 0 Å². The summed E-state index contributed by atoms with van der Waals surface area (Å²) in [5.41, 5.74) is 7.60. The maximum atomic E-state index is 2.23. The Bertz CT molecular complexity index is 901. The molecule has 0 atom stereocenters. The maximum absolute atomic E-state index is 2.23. The van der Waals surface area contributed by atoms with Crippen LogP contribution in [0.2, 0.25) is 0 Å². The Labute approximate surface area is 155 Å². The highest BCUT2D eigenvalue weighted by Crippen LogP contribution is 2.36. The normalized spacial score (nSPS) is 10.8. The first-order valence-corrected chi connectivity index (χ1v) is 8.98. The average Bonchev–Trinajstić information content (AvgIpc) is 2.74. The molecule has 0 aromatic heterocycles. The zero-order chi connectivity index (χ0) is 17.8. The molecule has 0 spiro atoms. The van der Waals surface area contributed by atoms with Crippen molar-refractivity contribution in [1.82, 2.24) is 0 Å². The van der Waals surface area contributed by atoms with Crippen molar-refractivity contribution in [2.45, 2.75) is 6.92 Å². The fraction of sp³-hybridized carbons (Fsp3) is 0.0385. The molecule has 26 heavy (non-hydrogen) atoms. The van der Waals surface area contributed by atoms with E-state index < -0.39 is 0 Å². The van der Waals surface area contributed by atoms with Gasteiger partial charge in [0.2, 0.25) is 0 Å². The van der Waals surface area contributed by atoms with Gasteiger partial charge in [0.05, 0.1) is 0 Å². The lowest BCUT2D eigenvalue weighted by molar-refractivity contribution is 1.19. The van der Waals surface area contributed by atoms with E-state index in [1.54, 1.807) is 0 Å². The van der Waals surface area contributed by atoms with E-state index in [1.807, 2.05) is 0 Å². The summed E-state index contributed by atoms with van der Waals surface area (Å²) >= 11 is 0. The van der Waals surface area contributed by atoms with Crippen molar-refractivity contribution in [3.05, 3.63) is 126 Å². The Morgan fingerprint density at radius 2 is 0.769 bits per heavy atom. The molecule has 0 fully saturated rings. The monoisotopic (exact) mass is 333 g/mol. The highest BCUT2D eigenvalue weighted by molar-refractivity contribution is 5.76. The molecule has 0 nitrogen and oxygen atoms in total. The number of benzene rings is 4. The minimum Gasteiger partial charge on any atom is -0.0622 e. The lowest BCUT2D eigenvalue weighted by atomic mass is 9.84. The van der Waals surface area contributed by atoms with Gasteiger partial charge in [0.15, 0.2) is 0 Å². The summed E-state index contributed by atoms with van der Waals surface area (Å²) in [6, 6.07) is 38.5. The zero-order valence-corrected chi connectivity index (χ0v) is 14.9. The summed E-state index contributed by atoms with van der Waals surface area (Å²) in [6.45, 7) is 2.23. The van der Waals surface area contributed by atoms with Gasteiger partial charge < -0.3 is 0 Å². The molecule has 0 aliphatic heterocycles. The van der Waals surface area contributed by atoms with Gasteiger partial charge in [0.25, 0.3) is 0 Å². The fourth-order valence-corrected chi connectivity index (χ4v) is 3.50. The minimum absolute atomic E-state index is 1.25. The van der Waals surface area contributed by atoms with Crippen LogP contribution in [-0.2, 0) is 0 Å². The molecule has 0 N–H and O–H groups in total. The number of hydrogen-bond acceptors (Lipinski definition) is 0. The first-order valence-electron chi connectivity index (χ1n) is 8.98. The second-order valence-electron chi connectivity index (χ2n) is 6.45. The average molecular weight is 333 g/mol. The molecule has 0 aliphatic carbocycles. The molecular formula is C26H21. The largest absolute Gasteiger partial charge is 0.0622 e. The van der Waals surface area contributed by atoms with Crippen LogP contribution in [0.3, 0.4) is 0 Å². The van der Waals surface area contributed by atoms with E-state index in [9.17, 15) is 0 Å². The fourth-order valence-electron chi connectivity index (χ4n) is 3.50. The molecule has 0 unspecified atom stereocenters. The molecule has 4 aromatic rings. The predicted molar refractivity (Wildman–Crippen MR) is 111 cm³/mol. The lowest BCUT2D eigenvalue weighted by Crippen LogP contribution is -2.02. The third kappa shape index (κ3) is 3.19. The van der Waals surface area contributed by atoms with Gasteiger partial charge in [-0.1, -0.05) is 116 Å². The standard InChI is InChI=1S/C26H21/c1-20(23-16-8-10-18-25(23)21-12-4-2-5-13-21)24-17-9-11-19-26(24)22-14-6-3-7-15-22/h2-19H,1H3. The molecule has 4 aromatic carbocycles. The molecule has 0 bridgehead atoms. The van der Waals surface area contributed by atoms with Gasteiger partial charge in [-0.05, 0) is 33.4 Å². The van der Waals surface area contributed by atoms with E-state index in [-0.39, 0.29) is 0 Å². The zero-order valence-electron chi connectivity index (χ0n) is 14.9. The number of rotatable bonds is 4. The summed E-state index contributed by atoms with van der Waals surface area (Å²) in [6.07, 6.45) is 0. The molecule has 0 heterocycles. The van der Waals surface area contributed by atoms with Crippen LogP contribution >= 0.6 is 0 Å². The molecule has 4 rings (SSSR count). The van der Waals surface area contributed by atoms with E-state index in [0.29, 0.717) is 0 Å². The first kappa shape index (κ1) is 16.4. The molecule has 0 amide bonds.